The monoisotopic (exact) mass is 302 g/mol. The van der Waals surface area contributed by atoms with Crippen LogP contribution in [0.3, 0.4) is 0 Å². The number of halogens is 1. The van der Waals surface area contributed by atoms with Crippen LogP contribution in [0.15, 0.2) is 54.6 Å². The molecule has 0 aliphatic rings. The van der Waals surface area contributed by atoms with Crippen LogP contribution in [0.5, 0.6) is 0 Å². The number of hydrogen-bond donors (Lipinski definition) is 1. The molecule has 0 aliphatic heterocycles. The Kier molecular flexibility index (Phi) is 5.40. The summed E-state index contributed by atoms with van der Waals surface area (Å²) < 4.78 is 0. The number of nitrogens with zero attached hydrogens (tertiary/aromatic N) is 1. The average Bonchev–Trinajstić information content (AvgIpc) is 2.50. The molecular weight excluding hydrogens is 280 g/mol. The number of rotatable bonds is 6. The van der Waals surface area contributed by atoms with Crippen molar-refractivity contribution in [3.8, 4) is 0 Å². The minimum atomic E-state index is -0.0583. The van der Waals surface area contributed by atoms with Crippen LogP contribution in [0.4, 0.5) is 0 Å². The summed E-state index contributed by atoms with van der Waals surface area (Å²) in [6.45, 7) is 4.54. The molecule has 0 amide bonds. The number of likely N-dealkylation sites (N-methyl/N-ethyl adjacent to an activating group) is 1. The quantitative estimate of drug-likeness (QED) is 0.882. The molecule has 0 bridgehead atoms. The van der Waals surface area contributed by atoms with Gasteiger partial charge < -0.3 is 10.6 Å². The predicted octanol–water partition coefficient (Wildman–Crippen LogP) is 3.69. The van der Waals surface area contributed by atoms with Gasteiger partial charge in [-0.2, -0.15) is 0 Å². The highest BCUT2D eigenvalue weighted by Gasteiger charge is 2.26. The fraction of sp³-hybridized carbons (Fsp3) is 0.333. The predicted molar refractivity (Wildman–Crippen MR) is 90.6 cm³/mol. The summed E-state index contributed by atoms with van der Waals surface area (Å²) in [5.74, 6) is 0. The zero-order valence-electron chi connectivity index (χ0n) is 12.7. The highest BCUT2D eigenvalue weighted by atomic mass is 35.5. The van der Waals surface area contributed by atoms with E-state index < -0.39 is 0 Å². The largest absolute Gasteiger partial charge is 0.330 e. The lowest BCUT2D eigenvalue weighted by molar-refractivity contribution is 0.252. The molecule has 3 heteroatoms. The lowest BCUT2D eigenvalue weighted by Gasteiger charge is -2.33. The van der Waals surface area contributed by atoms with Gasteiger partial charge in [-0.15, -0.1) is 0 Å². The molecule has 2 N–H and O–H groups in total. The van der Waals surface area contributed by atoms with Crippen molar-refractivity contribution in [2.45, 2.75) is 18.9 Å². The van der Waals surface area contributed by atoms with Gasteiger partial charge in [0.1, 0.15) is 0 Å². The Balaban J connectivity index is 2.10. The second-order valence-corrected chi connectivity index (χ2v) is 6.30. The number of benzene rings is 2. The van der Waals surface area contributed by atoms with Crippen molar-refractivity contribution in [3.05, 3.63) is 70.7 Å². The van der Waals surface area contributed by atoms with Crippen molar-refractivity contribution in [1.82, 2.24) is 4.90 Å². The molecule has 0 aliphatic carbocycles. The van der Waals surface area contributed by atoms with Gasteiger partial charge in [0, 0.05) is 30.1 Å². The summed E-state index contributed by atoms with van der Waals surface area (Å²) in [5, 5.41) is 0.818. The van der Waals surface area contributed by atoms with Crippen LogP contribution in [-0.4, -0.2) is 25.0 Å². The highest BCUT2D eigenvalue weighted by Crippen LogP contribution is 2.25. The van der Waals surface area contributed by atoms with E-state index in [1.807, 2.05) is 24.3 Å². The summed E-state index contributed by atoms with van der Waals surface area (Å²) in [6.07, 6.45) is 0. The van der Waals surface area contributed by atoms with Crippen LogP contribution in [0.25, 0.3) is 0 Å². The number of nitrogens with two attached hydrogens (primary N) is 1. The molecule has 2 aromatic carbocycles. The maximum Gasteiger partial charge on any atom is 0.0451 e. The molecule has 0 aromatic heterocycles. The molecule has 21 heavy (non-hydrogen) atoms. The second kappa shape index (κ2) is 7.08. The van der Waals surface area contributed by atoms with Crippen molar-refractivity contribution in [2.24, 2.45) is 5.73 Å². The van der Waals surface area contributed by atoms with E-state index in [-0.39, 0.29) is 5.41 Å². The molecule has 0 spiro atoms. The third-order valence-electron chi connectivity index (χ3n) is 3.94. The number of hydrogen-bond acceptors (Lipinski definition) is 2. The van der Waals surface area contributed by atoms with Crippen molar-refractivity contribution in [3.63, 3.8) is 0 Å². The smallest absolute Gasteiger partial charge is 0.0451 e. The SMILES string of the molecule is CN(Cc1ccccc1Cl)CC(C)(CN)c1ccccc1. The normalized spacial score (nSPS) is 14.1. The van der Waals surface area contributed by atoms with Crippen molar-refractivity contribution in [1.29, 1.82) is 0 Å². The topological polar surface area (TPSA) is 29.3 Å². The minimum absolute atomic E-state index is 0.0583. The van der Waals surface area contributed by atoms with Crippen molar-refractivity contribution < 1.29 is 0 Å². The first kappa shape index (κ1) is 16.0. The first-order chi connectivity index (χ1) is 10.0. The Morgan fingerprint density at radius 2 is 1.67 bits per heavy atom. The molecule has 1 unspecified atom stereocenters. The van der Waals surface area contributed by atoms with E-state index in [9.17, 15) is 0 Å². The molecule has 2 rings (SSSR count). The van der Waals surface area contributed by atoms with E-state index in [2.05, 4.69) is 49.2 Å². The molecular formula is C18H23ClN2. The van der Waals surface area contributed by atoms with Crippen LogP contribution in [-0.2, 0) is 12.0 Å². The Bertz CT molecular complexity index is 570. The summed E-state index contributed by atoms with van der Waals surface area (Å²) in [4.78, 5) is 2.28. The zero-order chi connectivity index (χ0) is 15.3. The van der Waals surface area contributed by atoms with E-state index in [4.69, 9.17) is 17.3 Å². The Hall–Kier alpha value is -1.35. The van der Waals surface area contributed by atoms with Gasteiger partial charge in [-0.05, 0) is 24.2 Å². The van der Waals surface area contributed by atoms with Crippen LogP contribution in [0.1, 0.15) is 18.1 Å². The average molecular weight is 303 g/mol. The van der Waals surface area contributed by atoms with E-state index in [0.717, 1.165) is 23.7 Å². The first-order valence-corrected chi connectivity index (χ1v) is 7.60. The molecule has 0 saturated heterocycles. The fourth-order valence-corrected chi connectivity index (χ4v) is 2.88. The summed E-state index contributed by atoms with van der Waals surface area (Å²) >= 11 is 6.24. The fourth-order valence-electron chi connectivity index (χ4n) is 2.68. The van der Waals surface area contributed by atoms with Gasteiger partial charge in [-0.3, -0.25) is 0 Å². The van der Waals surface area contributed by atoms with Gasteiger partial charge >= 0.3 is 0 Å². The zero-order valence-corrected chi connectivity index (χ0v) is 13.5. The molecule has 0 radical (unpaired) electrons. The minimum Gasteiger partial charge on any atom is -0.330 e. The molecule has 2 nitrogen and oxygen atoms in total. The van der Waals surface area contributed by atoms with Crippen LogP contribution in [0.2, 0.25) is 5.02 Å². The standard InChI is InChI=1S/C18H23ClN2/c1-18(13-20,16-9-4-3-5-10-16)14-21(2)12-15-8-6-7-11-17(15)19/h3-11H,12-14,20H2,1-2H3. The van der Waals surface area contributed by atoms with Crippen LogP contribution >= 0.6 is 11.6 Å². The van der Waals surface area contributed by atoms with Crippen LogP contribution in [0, 0.1) is 0 Å². The Labute approximate surface area is 132 Å². The summed E-state index contributed by atoms with van der Waals surface area (Å²) in [6, 6.07) is 18.5. The lowest BCUT2D eigenvalue weighted by Crippen LogP contribution is -2.42. The molecule has 1 atom stereocenters. The first-order valence-electron chi connectivity index (χ1n) is 7.23. The maximum atomic E-state index is 6.24. The van der Waals surface area contributed by atoms with E-state index in [1.165, 1.54) is 5.56 Å². The van der Waals surface area contributed by atoms with Gasteiger partial charge in [0.15, 0.2) is 0 Å². The highest BCUT2D eigenvalue weighted by molar-refractivity contribution is 6.31. The molecule has 0 saturated carbocycles. The molecule has 0 heterocycles. The van der Waals surface area contributed by atoms with E-state index in [1.54, 1.807) is 0 Å². The van der Waals surface area contributed by atoms with Gasteiger partial charge in [-0.1, -0.05) is 67.1 Å². The van der Waals surface area contributed by atoms with Crippen molar-refractivity contribution >= 4 is 11.6 Å². The molecule has 112 valence electrons. The molecule has 0 fully saturated rings. The van der Waals surface area contributed by atoms with E-state index >= 15 is 0 Å². The summed E-state index contributed by atoms with van der Waals surface area (Å²) in [7, 11) is 2.11. The molecule has 2 aromatic rings. The lowest BCUT2D eigenvalue weighted by atomic mass is 9.82. The van der Waals surface area contributed by atoms with Gasteiger partial charge in [0.2, 0.25) is 0 Å². The Morgan fingerprint density at radius 3 is 2.29 bits per heavy atom. The maximum absolute atomic E-state index is 6.24. The third-order valence-corrected chi connectivity index (χ3v) is 4.31. The summed E-state index contributed by atoms with van der Waals surface area (Å²) in [5.41, 5.74) is 8.42. The van der Waals surface area contributed by atoms with Gasteiger partial charge in [0.05, 0.1) is 0 Å². The van der Waals surface area contributed by atoms with Gasteiger partial charge in [0.25, 0.3) is 0 Å². The van der Waals surface area contributed by atoms with Crippen LogP contribution < -0.4 is 5.73 Å². The van der Waals surface area contributed by atoms with Gasteiger partial charge in [-0.25, -0.2) is 0 Å². The Morgan fingerprint density at radius 1 is 1.05 bits per heavy atom. The third kappa shape index (κ3) is 4.07. The van der Waals surface area contributed by atoms with Crippen molar-refractivity contribution in [2.75, 3.05) is 20.1 Å². The van der Waals surface area contributed by atoms with E-state index in [0.29, 0.717) is 6.54 Å². The second-order valence-electron chi connectivity index (χ2n) is 5.89.